The maximum Gasteiger partial charge on any atom is 0.336 e. The summed E-state index contributed by atoms with van der Waals surface area (Å²) < 4.78 is 13.4. The van der Waals surface area contributed by atoms with Crippen LogP contribution in [0.5, 0.6) is 0 Å². The van der Waals surface area contributed by atoms with Crippen LogP contribution in [0.3, 0.4) is 0 Å². The van der Waals surface area contributed by atoms with Gasteiger partial charge < -0.3 is 15.5 Å². The lowest BCUT2D eigenvalue weighted by molar-refractivity contribution is -0.141. The van der Waals surface area contributed by atoms with Crippen LogP contribution in [0.4, 0.5) is 14.0 Å². The number of carbonyl (C=O) groups excluding carboxylic acids is 4. The Balaban J connectivity index is 1.58. The zero-order valence-electron chi connectivity index (χ0n) is 17.7. The Hall–Kier alpha value is -3.46. The van der Waals surface area contributed by atoms with Crippen molar-refractivity contribution >= 4 is 35.5 Å². The fourth-order valence-corrected chi connectivity index (χ4v) is 4.55. The molecule has 1 atom stereocenters. The van der Waals surface area contributed by atoms with Crippen LogP contribution in [0, 0.1) is 5.82 Å². The SMILES string of the molecule is NC(=O)N1C(=O)N2CCN(C(=O)CCc3ccc(Cl)cc3)C[C@]2(Cc2ccc(F)cc2)C1=O. The molecule has 33 heavy (non-hydrogen) atoms. The number of rotatable bonds is 5. The number of imide groups is 3. The molecule has 2 aromatic rings. The third-order valence-corrected chi connectivity index (χ3v) is 6.36. The van der Waals surface area contributed by atoms with Gasteiger partial charge in [-0.3, -0.25) is 9.59 Å². The summed E-state index contributed by atoms with van der Waals surface area (Å²) in [7, 11) is 0. The predicted molar refractivity (Wildman–Crippen MR) is 118 cm³/mol. The average molecular weight is 473 g/mol. The molecule has 0 aromatic heterocycles. The van der Waals surface area contributed by atoms with Crippen molar-refractivity contribution in [2.75, 3.05) is 19.6 Å². The molecule has 2 heterocycles. The summed E-state index contributed by atoms with van der Waals surface area (Å²) in [4.78, 5) is 54.2. The summed E-state index contributed by atoms with van der Waals surface area (Å²) >= 11 is 5.90. The lowest BCUT2D eigenvalue weighted by Gasteiger charge is -2.44. The molecule has 2 aromatic carbocycles. The van der Waals surface area contributed by atoms with Gasteiger partial charge in [0.1, 0.15) is 11.4 Å². The molecule has 2 aliphatic heterocycles. The Bertz CT molecular complexity index is 1110. The molecular formula is C23H22ClFN4O4. The first-order chi connectivity index (χ1) is 15.7. The lowest BCUT2D eigenvalue weighted by atomic mass is 9.86. The van der Waals surface area contributed by atoms with Crippen molar-refractivity contribution in [3.63, 3.8) is 0 Å². The van der Waals surface area contributed by atoms with Crippen LogP contribution in [0.1, 0.15) is 17.5 Å². The summed E-state index contributed by atoms with van der Waals surface area (Å²) in [6.45, 7) is 0.205. The number of halogens is 2. The highest BCUT2D eigenvalue weighted by atomic mass is 35.5. The molecule has 0 unspecified atom stereocenters. The maximum absolute atomic E-state index is 13.4. The number of piperazine rings is 1. The molecule has 8 nitrogen and oxygen atoms in total. The molecule has 2 aliphatic rings. The summed E-state index contributed by atoms with van der Waals surface area (Å²) in [5.74, 6) is -1.40. The van der Waals surface area contributed by atoms with Crippen LogP contribution in [0.15, 0.2) is 48.5 Å². The third kappa shape index (κ3) is 4.28. The van der Waals surface area contributed by atoms with Crippen molar-refractivity contribution in [2.45, 2.75) is 24.8 Å². The number of urea groups is 2. The lowest BCUT2D eigenvalue weighted by Crippen LogP contribution is -2.65. The normalized spacial score (nSPS) is 20.2. The Kier molecular flexibility index (Phi) is 6.07. The second-order valence-electron chi connectivity index (χ2n) is 8.19. The third-order valence-electron chi connectivity index (χ3n) is 6.11. The van der Waals surface area contributed by atoms with Crippen LogP contribution in [-0.2, 0) is 22.4 Å². The number of primary amides is 1. The Morgan fingerprint density at radius 1 is 1.00 bits per heavy atom. The Morgan fingerprint density at radius 3 is 2.27 bits per heavy atom. The first-order valence-electron chi connectivity index (χ1n) is 10.4. The molecule has 2 fully saturated rings. The van der Waals surface area contributed by atoms with Crippen LogP contribution >= 0.6 is 11.6 Å². The molecule has 0 bridgehead atoms. The van der Waals surface area contributed by atoms with Crippen LogP contribution in [0.25, 0.3) is 0 Å². The molecule has 0 spiro atoms. The molecule has 4 rings (SSSR count). The quantitative estimate of drug-likeness (QED) is 0.675. The van der Waals surface area contributed by atoms with E-state index in [-0.39, 0.29) is 38.4 Å². The van der Waals surface area contributed by atoms with E-state index in [0.29, 0.717) is 21.9 Å². The first-order valence-corrected chi connectivity index (χ1v) is 10.8. The van der Waals surface area contributed by atoms with E-state index in [1.165, 1.54) is 34.1 Å². The van der Waals surface area contributed by atoms with Crippen molar-refractivity contribution in [3.05, 3.63) is 70.5 Å². The van der Waals surface area contributed by atoms with Gasteiger partial charge in [-0.15, -0.1) is 0 Å². The largest absolute Gasteiger partial charge is 0.351 e. The molecule has 2 N–H and O–H groups in total. The molecule has 0 radical (unpaired) electrons. The van der Waals surface area contributed by atoms with Gasteiger partial charge in [0.25, 0.3) is 5.91 Å². The van der Waals surface area contributed by atoms with Crippen molar-refractivity contribution in [1.29, 1.82) is 0 Å². The minimum atomic E-state index is -1.49. The van der Waals surface area contributed by atoms with E-state index < -0.39 is 29.3 Å². The van der Waals surface area contributed by atoms with Gasteiger partial charge >= 0.3 is 12.1 Å². The maximum atomic E-state index is 13.4. The van der Waals surface area contributed by atoms with Crippen molar-refractivity contribution in [1.82, 2.24) is 14.7 Å². The Labute approximate surface area is 194 Å². The number of hydrogen-bond donors (Lipinski definition) is 1. The van der Waals surface area contributed by atoms with Crippen molar-refractivity contribution in [2.24, 2.45) is 5.73 Å². The standard InChI is InChI=1S/C23H22ClFN4O4/c24-17-6-1-15(2-7-17)5-10-19(30)27-11-12-28-22(33)29(21(26)32)20(31)23(28,14-27)13-16-3-8-18(25)9-4-16/h1-4,6-9H,5,10-14H2,(H2,26,32)/t23-/m1/s1. The fraction of sp³-hybridized carbons (Fsp3) is 0.304. The second kappa shape index (κ2) is 8.82. The minimum absolute atomic E-state index is 0.0165. The average Bonchev–Trinajstić information content (AvgIpc) is 3.00. The van der Waals surface area contributed by atoms with Gasteiger partial charge in [0.15, 0.2) is 0 Å². The molecule has 0 aliphatic carbocycles. The number of amides is 6. The van der Waals surface area contributed by atoms with E-state index in [0.717, 1.165) is 5.56 Å². The highest BCUT2D eigenvalue weighted by Gasteiger charge is 2.61. The highest BCUT2D eigenvalue weighted by molar-refractivity contribution is 6.30. The topological polar surface area (TPSA) is 104 Å². The summed E-state index contributed by atoms with van der Waals surface area (Å²) in [5.41, 5.74) is 5.34. The number of fused-ring (bicyclic) bond motifs is 1. The minimum Gasteiger partial charge on any atom is -0.351 e. The second-order valence-corrected chi connectivity index (χ2v) is 8.63. The van der Waals surface area contributed by atoms with E-state index in [4.69, 9.17) is 17.3 Å². The van der Waals surface area contributed by atoms with E-state index in [9.17, 15) is 23.6 Å². The van der Waals surface area contributed by atoms with Gasteiger partial charge in [-0.1, -0.05) is 35.9 Å². The molecule has 172 valence electrons. The van der Waals surface area contributed by atoms with Gasteiger partial charge in [-0.25, -0.2) is 14.0 Å². The van der Waals surface area contributed by atoms with Crippen molar-refractivity contribution in [3.8, 4) is 0 Å². The van der Waals surface area contributed by atoms with E-state index in [2.05, 4.69) is 0 Å². The highest BCUT2D eigenvalue weighted by Crippen LogP contribution is 2.35. The van der Waals surface area contributed by atoms with Crippen molar-refractivity contribution < 1.29 is 23.6 Å². The van der Waals surface area contributed by atoms with E-state index >= 15 is 0 Å². The van der Waals surface area contributed by atoms with E-state index in [1.807, 2.05) is 12.1 Å². The van der Waals surface area contributed by atoms with Crippen LogP contribution < -0.4 is 5.73 Å². The molecule has 6 amide bonds. The van der Waals surface area contributed by atoms with Gasteiger partial charge in [-0.05, 0) is 41.8 Å². The van der Waals surface area contributed by atoms with Gasteiger partial charge in [0.05, 0.1) is 6.54 Å². The molecule has 10 heteroatoms. The predicted octanol–water partition coefficient (Wildman–Crippen LogP) is 2.58. The number of nitrogens with two attached hydrogens (primary N) is 1. The summed E-state index contributed by atoms with van der Waals surface area (Å²) in [6, 6.07) is 10.7. The molecule has 2 saturated heterocycles. The fourth-order valence-electron chi connectivity index (χ4n) is 4.43. The first kappa shape index (κ1) is 22.7. The van der Waals surface area contributed by atoms with Crippen LogP contribution in [-0.4, -0.2) is 63.7 Å². The van der Waals surface area contributed by atoms with Crippen LogP contribution in [0.2, 0.25) is 5.02 Å². The zero-order chi connectivity index (χ0) is 23.8. The zero-order valence-corrected chi connectivity index (χ0v) is 18.4. The van der Waals surface area contributed by atoms with Gasteiger partial charge in [-0.2, -0.15) is 4.90 Å². The number of aryl methyl sites for hydroxylation is 1. The Morgan fingerprint density at radius 2 is 1.64 bits per heavy atom. The van der Waals surface area contributed by atoms with Gasteiger partial charge in [0, 0.05) is 31.0 Å². The molecule has 0 saturated carbocycles. The summed E-state index contributed by atoms with van der Waals surface area (Å²) in [6.07, 6.45) is 0.708. The van der Waals surface area contributed by atoms with E-state index in [1.54, 1.807) is 12.1 Å². The smallest absolute Gasteiger partial charge is 0.336 e. The number of hydrogen-bond acceptors (Lipinski definition) is 4. The monoisotopic (exact) mass is 472 g/mol. The molecular weight excluding hydrogens is 451 g/mol. The number of carbonyl (C=O) groups is 4. The van der Waals surface area contributed by atoms with Gasteiger partial charge in [0.2, 0.25) is 5.91 Å². The number of nitrogens with zero attached hydrogens (tertiary/aromatic N) is 3. The summed E-state index contributed by atoms with van der Waals surface area (Å²) in [5, 5.41) is 0.604. The number of benzene rings is 2.